The van der Waals surface area contributed by atoms with E-state index in [0.29, 0.717) is 10.0 Å². The third-order valence-electron chi connectivity index (χ3n) is 2.95. The number of carbonyl (C=O) groups excluding carboxylic acids is 1. The smallest absolute Gasteiger partial charge is 0.168 e. The first-order valence-corrected chi connectivity index (χ1v) is 7.78. The Balaban J connectivity index is 2.36. The molecule has 1 nitrogen and oxygen atoms in total. The molecule has 0 N–H and O–H groups in total. The van der Waals surface area contributed by atoms with Gasteiger partial charge in [-0.3, -0.25) is 4.79 Å². The zero-order valence-corrected chi connectivity index (χ0v) is 14.4. The SMILES string of the molecule is Cc1cc(Br)c(C(=O)Cc2c(F)cccc2Cl)cc1Br. The predicted octanol–water partition coefficient (Wildman–Crippen LogP) is 5.74. The first-order chi connectivity index (χ1) is 9.40. The van der Waals surface area contributed by atoms with Crippen molar-refractivity contribution in [2.75, 3.05) is 0 Å². The summed E-state index contributed by atoms with van der Waals surface area (Å²) in [4.78, 5) is 12.3. The van der Waals surface area contributed by atoms with Crippen LogP contribution in [-0.2, 0) is 6.42 Å². The molecule has 0 bridgehead atoms. The maximum absolute atomic E-state index is 13.7. The molecule has 0 saturated heterocycles. The van der Waals surface area contributed by atoms with Crippen molar-refractivity contribution in [3.63, 3.8) is 0 Å². The number of aryl methyl sites for hydroxylation is 1. The minimum atomic E-state index is -0.465. The van der Waals surface area contributed by atoms with E-state index in [1.807, 2.05) is 13.0 Å². The average Bonchev–Trinajstić information content (AvgIpc) is 2.38. The quantitative estimate of drug-likeness (QED) is 0.579. The topological polar surface area (TPSA) is 17.1 Å². The predicted molar refractivity (Wildman–Crippen MR) is 86.0 cm³/mol. The number of hydrogen-bond acceptors (Lipinski definition) is 1. The van der Waals surface area contributed by atoms with Gasteiger partial charge in [-0.05, 0) is 36.8 Å². The van der Waals surface area contributed by atoms with Crippen LogP contribution in [0.2, 0.25) is 5.02 Å². The van der Waals surface area contributed by atoms with Crippen molar-refractivity contribution < 1.29 is 9.18 Å². The first kappa shape index (κ1) is 15.7. The second-order valence-corrected chi connectivity index (χ2v) is 6.50. The van der Waals surface area contributed by atoms with E-state index in [-0.39, 0.29) is 22.8 Å². The summed E-state index contributed by atoms with van der Waals surface area (Å²) in [6, 6.07) is 7.97. The van der Waals surface area contributed by atoms with Gasteiger partial charge >= 0.3 is 0 Å². The zero-order valence-electron chi connectivity index (χ0n) is 10.5. The summed E-state index contributed by atoms with van der Waals surface area (Å²) in [6.45, 7) is 1.93. The van der Waals surface area contributed by atoms with Gasteiger partial charge in [0.05, 0.1) is 0 Å². The highest BCUT2D eigenvalue weighted by Crippen LogP contribution is 2.28. The van der Waals surface area contributed by atoms with Gasteiger partial charge in [-0.1, -0.05) is 49.5 Å². The maximum atomic E-state index is 13.7. The number of Topliss-reactive ketones (excluding diaryl/α,β-unsaturated/α-hetero) is 1. The Bertz CT molecular complexity index is 666. The fourth-order valence-electron chi connectivity index (χ4n) is 1.82. The van der Waals surface area contributed by atoms with Crippen molar-refractivity contribution in [3.8, 4) is 0 Å². The number of hydrogen-bond donors (Lipinski definition) is 0. The summed E-state index contributed by atoms with van der Waals surface area (Å²) in [5, 5.41) is 0.264. The lowest BCUT2D eigenvalue weighted by Crippen LogP contribution is -2.07. The molecule has 0 atom stereocenters. The molecule has 104 valence electrons. The second-order valence-electron chi connectivity index (χ2n) is 4.38. The van der Waals surface area contributed by atoms with Gasteiger partial charge in [0.1, 0.15) is 5.82 Å². The Morgan fingerprint density at radius 3 is 2.60 bits per heavy atom. The molecule has 0 aliphatic rings. The third-order valence-corrected chi connectivity index (χ3v) is 4.81. The number of rotatable bonds is 3. The summed E-state index contributed by atoms with van der Waals surface area (Å²) in [5.74, 6) is -0.655. The summed E-state index contributed by atoms with van der Waals surface area (Å²) in [5.41, 5.74) is 1.74. The lowest BCUT2D eigenvalue weighted by atomic mass is 10.0. The Hall–Kier alpha value is -0.710. The molecule has 0 aliphatic heterocycles. The summed E-state index contributed by atoms with van der Waals surface area (Å²) in [7, 11) is 0. The van der Waals surface area contributed by atoms with E-state index in [4.69, 9.17) is 11.6 Å². The van der Waals surface area contributed by atoms with Crippen molar-refractivity contribution in [1.29, 1.82) is 0 Å². The highest BCUT2D eigenvalue weighted by Gasteiger charge is 2.16. The lowest BCUT2D eigenvalue weighted by Gasteiger charge is -2.09. The number of benzene rings is 2. The fraction of sp³-hybridized carbons (Fsp3) is 0.133. The molecule has 0 aromatic heterocycles. The van der Waals surface area contributed by atoms with Crippen molar-refractivity contribution >= 4 is 49.2 Å². The molecule has 0 radical (unpaired) electrons. The van der Waals surface area contributed by atoms with Crippen LogP contribution in [0, 0.1) is 12.7 Å². The van der Waals surface area contributed by atoms with Gasteiger partial charge in [-0.15, -0.1) is 0 Å². The Morgan fingerprint density at radius 2 is 1.95 bits per heavy atom. The summed E-state index contributed by atoms with van der Waals surface area (Å²) >= 11 is 12.7. The minimum Gasteiger partial charge on any atom is -0.294 e. The molecule has 20 heavy (non-hydrogen) atoms. The van der Waals surface area contributed by atoms with Gasteiger partial charge in [0.25, 0.3) is 0 Å². The van der Waals surface area contributed by atoms with E-state index in [1.165, 1.54) is 12.1 Å². The largest absolute Gasteiger partial charge is 0.294 e. The summed E-state index contributed by atoms with van der Waals surface area (Å²) < 4.78 is 15.2. The zero-order chi connectivity index (χ0) is 14.9. The number of halogens is 4. The van der Waals surface area contributed by atoms with Gasteiger partial charge in [-0.25, -0.2) is 4.39 Å². The van der Waals surface area contributed by atoms with Crippen LogP contribution >= 0.6 is 43.5 Å². The molecule has 0 spiro atoms. The fourth-order valence-corrected chi connectivity index (χ4v) is 3.07. The van der Waals surface area contributed by atoms with E-state index < -0.39 is 5.82 Å². The van der Waals surface area contributed by atoms with Crippen LogP contribution in [0.5, 0.6) is 0 Å². The van der Waals surface area contributed by atoms with Gasteiger partial charge in [-0.2, -0.15) is 0 Å². The summed E-state index contributed by atoms with van der Waals surface area (Å²) in [6.07, 6.45) is -0.0698. The number of ketones is 1. The molecule has 0 saturated carbocycles. The molecule has 0 fully saturated rings. The first-order valence-electron chi connectivity index (χ1n) is 5.82. The molecule has 2 rings (SSSR count). The van der Waals surface area contributed by atoms with Crippen molar-refractivity contribution in [1.82, 2.24) is 0 Å². The Morgan fingerprint density at radius 1 is 1.25 bits per heavy atom. The standard InChI is InChI=1S/C15H10Br2ClFO/c1-8-5-12(17)9(6-11(8)16)15(20)7-10-13(18)3-2-4-14(10)19/h2-6H,7H2,1H3. The van der Waals surface area contributed by atoms with Crippen LogP contribution in [0.3, 0.4) is 0 Å². The van der Waals surface area contributed by atoms with Crippen molar-refractivity contribution in [2.45, 2.75) is 13.3 Å². The normalized spacial score (nSPS) is 10.7. The highest BCUT2D eigenvalue weighted by atomic mass is 79.9. The lowest BCUT2D eigenvalue weighted by molar-refractivity contribution is 0.0991. The van der Waals surface area contributed by atoms with E-state index in [9.17, 15) is 9.18 Å². The van der Waals surface area contributed by atoms with Gasteiger partial charge in [0.2, 0.25) is 0 Å². The van der Waals surface area contributed by atoms with Crippen LogP contribution in [0.15, 0.2) is 39.3 Å². The maximum Gasteiger partial charge on any atom is 0.168 e. The van der Waals surface area contributed by atoms with E-state index in [0.717, 1.165) is 10.0 Å². The van der Waals surface area contributed by atoms with Crippen LogP contribution in [0.25, 0.3) is 0 Å². The molecule has 0 amide bonds. The van der Waals surface area contributed by atoms with Crippen molar-refractivity contribution in [2.24, 2.45) is 0 Å². The second kappa shape index (κ2) is 6.37. The van der Waals surface area contributed by atoms with Crippen LogP contribution in [0.1, 0.15) is 21.5 Å². The molecule has 0 unspecified atom stereocenters. The van der Waals surface area contributed by atoms with E-state index in [2.05, 4.69) is 31.9 Å². The minimum absolute atomic E-state index is 0.0698. The molecule has 5 heteroatoms. The third kappa shape index (κ3) is 3.30. The number of carbonyl (C=O) groups is 1. The molecular formula is C15H10Br2ClFO. The Kier molecular flexibility index (Phi) is 4.99. The molecular weight excluding hydrogens is 410 g/mol. The van der Waals surface area contributed by atoms with Crippen molar-refractivity contribution in [3.05, 3.63) is 66.8 Å². The van der Waals surface area contributed by atoms with E-state index in [1.54, 1.807) is 12.1 Å². The molecule has 2 aromatic carbocycles. The molecule has 2 aromatic rings. The van der Waals surface area contributed by atoms with Crippen LogP contribution < -0.4 is 0 Å². The highest BCUT2D eigenvalue weighted by molar-refractivity contribution is 9.11. The van der Waals surface area contributed by atoms with E-state index >= 15 is 0 Å². The van der Waals surface area contributed by atoms with Crippen LogP contribution in [-0.4, -0.2) is 5.78 Å². The van der Waals surface area contributed by atoms with Gasteiger partial charge < -0.3 is 0 Å². The van der Waals surface area contributed by atoms with Gasteiger partial charge in [0.15, 0.2) is 5.78 Å². The van der Waals surface area contributed by atoms with Gasteiger partial charge in [0, 0.05) is 31.5 Å². The molecule has 0 heterocycles. The van der Waals surface area contributed by atoms with Crippen LogP contribution in [0.4, 0.5) is 4.39 Å². The average molecular weight is 421 g/mol. The Labute approximate surface area is 138 Å². The monoisotopic (exact) mass is 418 g/mol. The molecule has 0 aliphatic carbocycles.